The molecule has 8 fully saturated rings. The van der Waals surface area contributed by atoms with Gasteiger partial charge in [-0.05, 0) is 174 Å². The van der Waals surface area contributed by atoms with Crippen LogP contribution in [0.3, 0.4) is 0 Å². The van der Waals surface area contributed by atoms with Gasteiger partial charge >= 0.3 is 0 Å². The van der Waals surface area contributed by atoms with Gasteiger partial charge in [0.25, 0.3) is 0 Å². The largest absolute Gasteiger partial charge is 0.393 e. The van der Waals surface area contributed by atoms with E-state index in [1.54, 1.807) is 0 Å². The van der Waals surface area contributed by atoms with E-state index in [0.717, 1.165) is 73.0 Å². The molecule has 0 heterocycles. The molecule has 16 atom stereocenters. The Balaban J connectivity index is 0.929. The molecule has 4 nitrogen and oxygen atoms in total. The SMILES string of the molecule is C[C@]12CCC(O)CC1CCC1C2CC[C@]2(C)C(OOC3CCC4C5CCC6CC(O)CC[C@]6(C)C5CC[C@]34C)CCC12. The van der Waals surface area contributed by atoms with Gasteiger partial charge in [-0.25, -0.2) is 9.78 Å². The van der Waals surface area contributed by atoms with Crippen LogP contribution >= 0.6 is 0 Å². The number of rotatable bonds is 3. The predicted molar refractivity (Wildman–Crippen MR) is 165 cm³/mol. The number of fused-ring (bicyclic) bond motifs is 10. The standard InChI is InChI=1S/C38H62O4/c1-35-17-13-25(39)21-23(35)5-7-27-29-9-11-33(37(29,3)19-15-31(27)35)41-42-34-12-10-30-28-8-6-24-22-26(40)14-18-36(24,2)32(28)16-20-38(30,34)4/h23-34,39-40H,5-22H2,1-4H3/t23?,24?,25?,26?,27?,28?,29?,30?,31?,32?,33?,34?,35-,36-,37-,38-/m0/s1. The topological polar surface area (TPSA) is 58.9 Å². The molecule has 8 rings (SSSR count). The molecule has 0 bridgehead atoms. The smallest absolute Gasteiger partial charge is 0.0986 e. The number of hydrogen-bond acceptors (Lipinski definition) is 4. The summed E-state index contributed by atoms with van der Waals surface area (Å²) < 4.78 is 0. The zero-order valence-corrected chi connectivity index (χ0v) is 27.4. The van der Waals surface area contributed by atoms with Crippen molar-refractivity contribution in [3.8, 4) is 0 Å². The lowest BCUT2D eigenvalue weighted by Crippen LogP contribution is -2.55. The van der Waals surface area contributed by atoms with E-state index in [1.807, 2.05) is 0 Å². The van der Waals surface area contributed by atoms with Gasteiger partial charge in [0.05, 0.1) is 24.4 Å². The maximum atomic E-state index is 10.4. The fraction of sp³-hybridized carbons (Fsp3) is 1.00. The van der Waals surface area contributed by atoms with Gasteiger partial charge in [0.2, 0.25) is 0 Å². The van der Waals surface area contributed by atoms with Crippen molar-refractivity contribution in [1.29, 1.82) is 0 Å². The van der Waals surface area contributed by atoms with Crippen LogP contribution in [0.5, 0.6) is 0 Å². The molecule has 42 heavy (non-hydrogen) atoms. The van der Waals surface area contributed by atoms with Gasteiger partial charge in [0, 0.05) is 10.8 Å². The van der Waals surface area contributed by atoms with Gasteiger partial charge in [-0.3, -0.25) is 0 Å². The second-order valence-electron chi connectivity index (χ2n) is 18.6. The molecule has 8 aliphatic carbocycles. The van der Waals surface area contributed by atoms with E-state index in [-0.39, 0.29) is 35.2 Å². The predicted octanol–water partition coefficient (Wildman–Crippen LogP) is 8.48. The average Bonchev–Trinajstić information content (AvgIpc) is 3.48. The van der Waals surface area contributed by atoms with Crippen molar-refractivity contribution < 1.29 is 20.0 Å². The van der Waals surface area contributed by atoms with Crippen LogP contribution in [-0.4, -0.2) is 34.6 Å². The fourth-order valence-corrected chi connectivity index (χ4v) is 14.8. The van der Waals surface area contributed by atoms with E-state index in [1.165, 1.54) is 89.9 Å². The lowest BCUT2D eigenvalue weighted by atomic mass is 9.45. The van der Waals surface area contributed by atoms with E-state index in [0.29, 0.717) is 10.8 Å². The first-order valence-corrected chi connectivity index (χ1v) is 18.7. The second kappa shape index (κ2) is 10.2. The van der Waals surface area contributed by atoms with Crippen molar-refractivity contribution in [2.75, 3.05) is 0 Å². The molecular weight excluding hydrogens is 520 g/mol. The summed E-state index contributed by atoms with van der Waals surface area (Å²) >= 11 is 0. The molecule has 0 saturated heterocycles. The summed E-state index contributed by atoms with van der Waals surface area (Å²) in [7, 11) is 0. The third-order valence-corrected chi connectivity index (χ3v) is 17.4. The molecule has 0 aromatic carbocycles. The molecule has 238 valence electrons. The van der Waals surface area contributed by atoms with Crippen LogP contribution in [0.1, 0.15) is 143 Å². The molecule has 0 aliphatic heterocycles. The zero-order chi connectivity index (χ0) is 29.1. The van der Waals surface area contributed by atoms with Gasteiger partial charge in [-0.2, -0.15) is 0 Å². The number of hydrogen-bond donors (Lipinski definition) is 2. The van der Waals surface area contributed by atoms with Crippen LogP contribution in [-0.2, 0) is 9.78 Å². The Morgan fingerprint density at radius 2 is 0.810 bits per heavy atom. The number of aliphatic hydroxyl groups excluding tert-OH is 2. The van der Waals surface area contributed by atoms with Gasteiger partial charge in [0.15, 0.2) is 0 Å². The van der Waals surface area contributed by atoms with Gasteiger partial charge < -0.3 is 10.2 Å². The first-order valence-electron chi connectivity index (χ1n) is 18.7. The van der Waals surface area contributed by atoms with E-state index in [4.69, 9.17) is 9.78 Å². The maximum Gasteiger partial charge on any atom is 0.0986 e. The highest BCUT2D eigenvalue weighted by Crippen LogP contribution is 2.68. The average molecular weight is 583 g/mol. The van der Waals surface area contributed by atoms with E-state index in [2.05, 4.69) is 27.7 Å². The molecule has 12 unspecified atom stereocenters. The monoisotopic (exact) mass is 582 g/mol. The highest BCUT2D eigenvalue weighted by atomic mass is 17.2. The first kappa shape index (κ1) is 29.3. The molecule has 0 aromatic heterocycles. The molecule has 0 aromatic rings. The van der Waals surface area contributed by atoms with Crippen molar-refractivity contribution in [3.63, 3.8) is 0 Å². The Labute approximate surface area is 256 Å². The molecule has 0 spiro atoms. The van der Waals surface area contributed by atoms with Gasteiger partial charge in [-0.1, -0.05) is 27.7 Å². The lowest BCUT2D eigenvalue weighted by Gasteiger charge is -2.61. The Hall–Kier alpha value is -0.160. The van der Waals surface area contributed by atoms with Crippen LogP contribution in [0.25, 0.3) is 0 Å². The van der Waals surface area contributed by atoms with Gasteiger partial charge in [-0.15, -0.1) is 0 Å². The summed E-state index contributed by atoms with van der Waals surface area (Å²) in [5.74, 6) is 6.40. The summed E-state index contributed by atoms with van der Waals surface area (Å²) in [4.78, 5) is 13.4. The minimum Gasteiger partial charge on any atom is -0.393 e. The quantitative estimate of drug-likeness (QED) is 0.259. The third-order valence-electron chi connectivity index (χ3n) is 17.4. The first-order chi connectivity index (χ1) is 20.1. The lowest BCUT2D eigenvalue weighted by molar-refractivity contribution is -0.383. The Kier molecular flexibility index (Phi) is 7.08. The summed E-state index contributed by atoms with van der Waals surface area (Å²) in [6.45, 7) is 10.3. The minimum atomic E-state index is -0.0543. The van der Waals surface area contributed by atoms with Crippen molar-refractivity contribution in [1.82, 2.24) is 0 Å². The van der Waals surface area contributed by atoms with Crippen LogP contribution in [0.2, 0.25) is 0 Å². The van der Waals surface area contributed by atoms with Gasteiger partial charge in [0.1, 0.15) is 0 Å². The normalized spacial score (nSPS) is 60.4. The summed E-state index contributed by atoms with van der Waals surface area (Å²) in [5, 5.41) is 20.8. The van der Waals surface area contributed by atoms with Crippen LogP contribution in [0, 0.1) is 69.0 Å². The van der Waals surface area contributed by atoms with Crippen LogP contribution < -0.4 is 0 Å². The third kappa shape index (κ3) is 4.12. The molecule has 0 radical (unpaired) electrons. The fourth-order valence-electron chi connectivity index (χ4n) is 14.8. The van der Waals surface area contributed by atoms with E-state index in [9.17, 15) is 10.2 Å². The summed E-state index contributed by atoms with van der Waals surface area (Å²) in [6, 6.07) is 0. The highest BCUT2D eigenvalue weighted by Gasteiger charge is 2.63. The minimum absolute atomic E-state index is 0.0543. The molecule has 8 aliphatic rings. The second-order valence-corrected chi connectivity index (χ2v) is 18.6. The Morgan fingerprint density at radius 3 is 1.24 bits per heavy atom. The molecular formula is C38H62O4. The van der Waals surface area contributed by atoms with E-state index < -0.39 is 0 Å². The maximum absolute atomic E-state index is 10.4. The highest BCUT2D eigenvalue weighted by molar-refractivity contribution is 5.11. The van der Waals surface area contributed by atoms with Crippen molar-refractivity contribution in [3.05, 3.63) is 0 Å². The Bertz CT molecular complexity index is 951. The van der Waals surface area contributed by atoms with Crippen molar-refractivity contribution >= 4 is 0 Å². The van der Waals surface area contributed by atoms with Crippen LogP contribution in [0.15, 0.2) is 0 Å². The van der Waals surface area contributed by atoms with E-state index >= 15 is 0 Å². The number of aliphatic hydroxyl groups is 2. The molecule has 4 heteroatoms. The molecule has 2 N–H and O–H groups in total. The molecule has 0 amide bonds. The van der Waals surface area contributed by atoms with Crippen LogP contribution in [0.4, 0.5) is 0 Å². The molecule has 8 saturated carbocycles. The summed E-state index contributed by atoms with van der Waals surface area (Å²) in [6.07, 6.45) is 22.7. The summed E-state index contributed by atoms with van der Waals surface area (Å²) in [5.41, 5.74) is 1.40. The zero-order valence-electron chi connectivity index (χ0n) is 27.4. The van der Waals surface area contributed by atoms with Crippen molar-refractivity contribution in [2.24, 2.45) is 69.0 Å². The van der Waals surface area contributed by atoms with Crippen molar-refractivity contribution in [2.45, 2.75) is 168 Å². The Morgan fingerprint density at radius 1 is 0.429 bits per heavy atom.